The summed E-state index contributed by atoms with van der Waals surface area (Å²) in [5.41, 5.74) is 1.19. The maximum Gasteiger partial charge on any atom is 0.0471 e. The zero-order valence-corrected chi connectivity index (χ0v) is 8.09. The van der Waals surface area contributed by atoms with Gasteiger partial charge >= 0.3 is 0 Å². The van der Waals surface area contributed by atoms with Crippen LogP contribution in [0.1, 0.15) is 19.0 Å². The van der Waals surface area contributed by atoms with Crippen LogP contribution in [0.4, 0.5) is 0 Å². The van der Waals surface area contributed by atoms with E-state index in [0.29, 0.717) is 5.92 Å². The van der Waals surface area contributed by atoms with Gasteiger partial charge in [0.05, 0.1) is 0 Å². The molecule has 74 valence electrons. The fourth-order valence-electron chi connectivity index (χ4n) is 1.23. The summed E-state index contributed by atoms with van der Waals surface area (Å²) in [6.07, 6.45) is 2.94. The Labute approximate surface area is 79.2 Å². The molecule has 3 nitrogen and oxygen atoms in total. The van der Waals surface area contributed by atoms with E-state index in [-0.39, 0.29) is 6.61 Å². The van der Waals surface area contributed by atoms with Gasteiger partial charge in [-0.3, -0.25) is 0 Å². The Morgan fingerprint density at radius 3 is 3.00 bits per heavy atom. The second kappa shape index (κ2) is 5.78. The largest absolute Gasteiger partial charge is 0.396 e. The highest BCUT2D eigenvalue weighted by atomic mass is 16.3. The molecule has 0 aliphatic heterocycles. The van der Waals surface area contributed by atoms with Crippen LogP contribution in [0, 0.1) is 5.92 Å². The SMILES string of the molecule is CCC(CO)CNCc1ccc[nH]1. The third-order valence-corrected chi connectivity index (χ3v) is 2.25. The summed E-state index contributed by atoms with van der Waals surface area (Å²) < 4.78 is 0. The number of aliphatic hydroxyl groups excluding tert-OH is 1. The molecule has 13 heavy (non-hydrogen) atoms. The molecular weight excluding hydrogens is 164 g/mol. The second-order valence-corrected chi connectivity index (χ2v) is 3.28. The van der Waals surface area contributed by atoms with Crippen molar-refractivity contribution in [3.8, 4) is 0 Å². The molecule has 1 aromatic heterocycles. The third kappa shape index (κ3) is 3.61. The van der Waals surface area contributed by atoms with Gasteiger partial charge in [0.2, 0.25) is 0 Å². The first kappa shape index (κ1) is 10.3. The zero-order valence-electron chi connectivity index (χ0n) is 8.09. The lowest BCUT2D eigenvalue weighted by Crippen LogP contribution is -2.24. The molecule has 0 aliphatic carbocycles. The van der Waals surface area contributed by atoms with Gasteiger partial charge in [0.15, 0.2) is 0 Å². The molecular formula is C10H18N2O. The highest BCUT2D eigenvalue weighted by Crippen LogP contribution is 1.99. The van der Waals surface area contributed by atoms with Gasteiger partial charge in [-0.25, -0.2) is 0 Å². The fraction of sp³-hybridized carbons (Fsp3) is 0.600. The molecule has 0 radical (unpaired) electrons. The van der Waals surface area contributed by atoms with Crippen LogP contribution in [0.15, 0.2) is 18.3 Å². The van der Waals surface area contributed by atoms with E-state index in [1.54, 1.807) is 0 Å². The van der Waals surface area contributed by atoms with E-state index in [1.165, 1.54) is 5.69 Å². The molecule has 0 saturated heterocycles. The lowest BCUT2D eigenvalue weighted by atomic mass is 10.1. The topological polar surface area (TPSA) is 48.0 Å². The van der Waals surface area contributed by atoms with Gasteiger partial charge in [0, 0.05) is 31.6 Å². The summed E-state index contributed by atoms with van der Waals surface area (Å²) in [6, 6.07) is 4.03. The van der Waals surface area contributed by atoms with Crippen molar-refractivity contribution in [1.29, 1.82) is 0 Å². The summed E-state index contributed by atoms with van der Waals surface area (Å²) in [6.45, 7) is 4.10. The number of aromatic nitrogens is 1. The number of H-pyrrole nitrogens is 1. The van der Waals surface area contributed by atoms with Crippen LogP contribution in [0.2, 0.25) is 0 Å². The number of aromatic amines is 1. The Morgan fingerprint density at radius 2 is 2.46 bits per heavy atom. The minimum Gasteiger partial charge on any atom is -0.396 e. The molecule has 0 aliphatic rings. The minimum absolute atomic E-state index is 0.272. The van der Waals surface area contributed by atoms with Crippen molar-refractivity contribution >= 4 is 0 Å². The molecule has 3 heteroatoms. The molecule has 1 atom stereocenters. The summed E-state index contributed by atoms with van der Waals surface area (Å²) >= 11 is 0. The molecule has 0 saturated carbocycles. The lowest BCUT2D eigenvalue weighted by molar-refractivity contribution is 0.218. The number of rotatable bonds is 6. The Balaban J connectivity index is 2.13. The maximum atomic E-state index is 8.94. The van der Waals surface area contributed by atoms with Crippen LogP contribution in [0.5, 0.6) is 0 Å². The van der Waals surface area contributed by atoms with Gasteiger partial charge in [-0.1, -0.05) is 6.92 Å². The molecule has 0 fully saturated rings. The van der Waals surface area contributed by atoms with Gasteiger partial charge in [0.1, 0.15) is 0 Å². The first-order chi connectivity index (χ1) is 6.36. The molecule has 1 unspecified atom stereocenters. The highest BCUT2D eigenvalue weighted by molar-refractivity contribution is 5.02. The van der Waals surface area contributed by atoms with Crippen LogP contribution < -0.4 is 5.32 Å². The van der Waals surface area contributed by atoms with E-state index in [9.17, 15) is 0 Å². The Bertz CT molecular complexity index is 205. The van der Waals surface area contributed by atoms with Gasteiger partial charge in [-0.15, -0.1) is 0 Å². The van der Waals surface area contributed by atoms with Crippen LogP contribution in [0.25, 0.3) is 0 Å². The summed E-state index contributed by atoms with van der Waals surface area (Å²) in [5.74, 6) is 0.384. The van der Waals surface area contributed by atoms with Crippen molar-refractivity contribution in [3.63, 3.8) is 0 Å². The normalized spacial score (nSPS) is 13.1. The van der Waals surface area contributed by atoms with Crippen molar-refractivity contribution in [2.75, 3.05) is 13.2 Å². The average Bonchev–Trinajstić information content (AvgIpc) is 2.65. The Morgan fingerprint density at radius 1 is 1.62 bits per heavy atom. The van der Waals surface area contributed by atoms with E-state index in [4.69, 9.17) is 5.11 Å². The summed E-state index contributed by atoms with van der Waals surface area (Å²) in [5, 5.41) is 12.2. The standard InChI is InChI=1S/C10H18N2O/c1-2-9(8-13)6-11-7-10-4-3-5-12-10/h3-5,9,11-13H,2,6-8H2,1H3. The van der Waals surface area contributed by atoms with Crippen LogP contribution >= 0.6 is 0 Å². The van der Waals surface area contributed by atoms with Crippen LogP contribution in [-0.2, 0) is 6.54 Å². The van der Waals surface area contributed by atoms with E-state index < -0.39 is 0 Å². The quantitative estimate of drug-likeness (QED) is 0.617. The van der Waals surface area contributed by atoms with Gasteiger partial charge in [0.25, 0.3) is 0 Å². The van der Waals surface area contributed by atoms with Crippen molar-refractivity contribution < 1.29 is 5.11 Å². The molecule has 3 N–H and O–H groups in total. The fourth-order valence-corrected chi connectivity index (χ4v) is 1.23. The molecule has 0 amide bonds. The Hall–Kier alpha value is -0.800. The van der Waals surface area contributed by atoms with E-state index in [1.807, 2.05) is 18.3 Å². The summed E-state index contributed by atoms with van der Waals surface area (Å²) in [7, 11) is 0. The number of hydrogen-bond acceptors (Lipinski definition) is 2. The number of nitrogens with one attached hydrogen (secondary N) is 2. The number of aliphatic hydroxyl groups is 1. The molecule has 0 bridgehead atoms. The van der Waals surface area contributed by atoms with Crippen molar-refractivity contribution in [3.05, 3.63) is 24.0 Å². The van der Waals surface area contributed by atoms with Gasteiger partial charge in [-0.2, -0.15) is 0 Å². The van der Waals surface area contributed by atoms with E-state index in [2.05, 4.69) is 17.2 Å². The molecule has 0 aromatic carbocycles. The highest BCUT2D eigenvalue weighted by Gasteiger charge is 2.02. The molecule has 1 rings (SSSR count). The lowest BCUT2D eigenvalue weighted by Gasteiger charge is -2.11. The van der Waals surface area contributed by atoms with Crippen molar-refractivity contribution in [2.45, 2.75) is 19.9 Å². The zero-order chi connectivity index (χ0) is 9.52. The van der Waals surface area contributed by atoms with Crippen LogP contribution in [0.3, 0.4) is 0 Å². The van der Waals surface area contributed by atoms with Gasteiger partial charge < -0.3 is 15.4 Å². The molecule has 1 heterocycles. The Kier molecular flexibility index (Phi) is 4.57. The summed E-state index contributed by atoms with van der Waals surface area (Å²) in [4.78, 5) is 3.12. The predicted molar refractivity (Wildman–Crippen MR) is 53.4 cm³/mol. The van der Waals surface area contributed by atoms with Crippen LogP contribution in [-0.4, -0.2) is 23.2 Å². The van der Waals surface area contributed by atoms with E-state index >= 15 is 0 Å². The maximum absolute atomic E-state index is 8.94. The van der Waals surface area contributed by atoms with Crippen molar-refractivity contribution in [1.82, 2.24) is 10.3 Å². The monoisotopic (exact) mass is 182 g/mol. The van der Waals surface area contributed by atoms with Crippen molar-refractivity contribution in [2.24, 2.45) is 5.92 Å². The first-order valence-electron chi connectivity index (χ1n) is 4.80. The number of hydrogen-bond donors (Lipinski definition) is 3. The van der Waals surface area contributed by atoms with Gasteiger partial charge in [-0.05, 0) is 24.5 Å². The smallest absolute Gasteiger partial charge is 0.0471 e. The third-order valence-electron chi connectivity index (χ3n) is 2.25. The second-order valence-electron chi connectivity index (χ2n) is 3.28. The predicted octanol–water partition coefficient (Wildman–Crippen LogP) is 1.12. The average molecular weight is 182 g/mol. The molecule has 0 spiro atoms. The molecule has 1 aromatic rings. The minimum atomic E-state index is 0.272. The first-order valence-corrected chi connectivity index (χ1v) is 4.80. The van der Waals surface area contributed by atoms with E-state index in [0.717, 1.165) is 19.5 Å².